The second-order valence-corrected chi connectivity index (χ2v) is 6.45. The number of imide groups is 1. The summed E-state index contributed by atoms with van der Waals surface area (Å²) in [6.45, 7) is 0. The van der Waals surface area contributed by atoms with Crippen molar-refractivity contribution in [2.45, 2.75) is 12.8 Å². The van der Waals surface area contributed by atoms with Gasteiger partial charge in [-0.25, -0.2) is 4.90 Å². The van der Waals surface area contributed by atoms with E-state index < -0.39 is 0 Å². The van der Waals surface area contributed by atoms with Crippen molar-refractivity contribution in [1.29, 1.82) is 0 Å². The summed E-state index contributed by atoms with van der Waals surface area (Å²) >= 11 is 0. The third-order valence-corrected chi connectivity index (χ3v) is 4.55. The highest BCUT2D eigenvalue weighted by atomic mass is 16.2. The van der Waals surface area contributed by atoms with E-state index >= 15 is 0 Å². The van der Waals surface area contributed by atoms with E-state index in [0.717, 1.165) is 10.5 Å². The smallest absolute Gasteiger partial charge is 0.266 e. The summed E-state index contributed by atoms with van der Waals surface area (Å²) in [5.41, 5.74) is 2.72. The molecule has 6 nitrogen and oxygen atoms in total. The van der Waals surface area contributed by atoms with Crippen LogP contribution in [-0.4, -0.2) is 22.7 Å². The van der Waals surface area contributed by atoms with Crippen LogP contribution in [0.15, 0.2) is 73.1 Å². The van der Waals surface area contributed by atoms with Gasteiger partial charge in [0.05, 0.1) is 16.8 Å². The Labute approximate surface area is 161 Å². The molecule has 0 bridgehead atoms. The minimum atomic E-state index is -0.361. The van der Waals surface area contributed by atoms with Crippen LogP contribution in [0.2, 0.25) is 0 Å². The molecule has 3 amide bonds. The molecular weight excluding hydrogens is 354 g/mol. The number of carbonyl (C=O) groups is 3. The Morgan fingerprint density at radius 1 is 0.929 bits per heavy atom. The molecule has 2 aromatic carbocycles. The molecule has 0 unspecified atom stereocenters. The second kappa shape index (κ2) is 7.44. The fraction of sp³-hybridized carbons (Fsp3) is 0.0909. The molecule has 1 aliphatic heterocycles. The number of hydrogen-bond donors (Lipinski definition) is 1. The molecule has 138 valence electrons. The molecule has 0 saturated heterocycles. The maximum Gasteiger partial charge on any atom is 0.266 e. The van der Waals surface area contributed by atoms with Gasteiger partial charge in [-0.15, -0.1) is 0 Å². The number of anilines is 2. The van der Waals surface area contributed by atoms with Gasteiger partial charge in [-0.2, -0.15) is 0 Å². The van der Waals surface area contributed by atoms with Gasteiger partial charge in [0.25, 0.3) is 11.8 Å². The summed E-state index contributed by atoms with van der Waals surface area (Å²) in [4.78, 5) is 42.6. The Morgan fingerprint density at radius 2 is 1.68 bits per heavy atom. The SMILES string of the molecule is O=C(CCc1cccnc1)Nc1cccc(N2C(=O)c3ccccc3C2=O)c1. The van der Waals surface area contributed by atoms with E-state index in [1.54, 1.807) is 60.9 Å². The maximum absolute atomic E-state index is 12.6. The Balaban J connectivity index is 1.47. The predicted molar refractivity (Wildman–Crippen MR) is 105 cm³/mol. The first-order chi connectivity index (χ1) is 13.6. The molecule has 28 heavy (non-hydrogen) atoms. The third-order valence-electron chi connectivity index (χ3n) is 4.55. The molecular formula is C22H17N3O3. The van der Waals surface area contributed by atoms with Gasteiger partial charge in [-0.1, -0.05) is 24.3 Å². The molecule has 1 aliphatic rings. The number of aromatic nitrogens is 1. The molecule has 0 saturated carbocycles. The van der Waals surface area contributed by atoms with Crippen molar-refractivity contribution in [3.63, 3.8) is 0 Å². The van der Waals surface area contributed by atoms with Gasteiger partial charge >= 0.3 is 0 Å². The number of fused-ring (bicyclic) bond motifs is 1. The zero-order valence-electron chi connectivity index (χ0n) is 15.0. The Bertz CT molecular complexity index is 1030. The Kier molecular flexibility index (Phi) is 4.68. The third kappa shape index (κ3) is 3.40. The largest absolute Gasteiger partial charge is 0.326 e. The number of pyridine rings is 1. The summed E-state index contributed by atoms with van der Waals surface area (Å²) in [6.07, 6.45) is 4.31. The molecule has 0 radical (unpaired) electrons. The van der Waals surface area contributed by atoms with Crippen molar-refractivity contribution in [3.05, 3.63) is 89.7 Å². The summed E-state index contributed by atoms with van der Waals surface area (Å²) < 4.78 is 0. The molecule has 4 rings (SSSR count). The number of nitrogens with zero attached hydrogens (tertiary/aromatic N) is 2. The maximum atomic E-state index is 12.6. The van der Waals surface area contributed by atoms with Crippen LogP contribution in [0.25, 0.3) is 0 Å². The van der Waals surface area contributed by atoms with Crippen molar-refractivity contribution in [3.8, 4) is 0 Å². The Morgan fingerprint density at radius 3 is 2.36 bits per heavy atom. The van der Waals surface area contributed by atoms with E-state index in [2.05, 4.69) is 10.3 Å². The number of nitrogens with one attached hydrogen (secondary N) is 1. The van der Waals surface area contributed by atoms with Crippen LogP contribution in [0.4, 0.5) is 11.4 Å². The average Bonchev–Trinajstić information content (AvgIpc) is 2.98. The van der Waals surface area contributed by atoms with Crippen LogP contribution in [-0.2, 0) is 11.2 Å². The normalized spacial score (nSPS) is 12.8. The standard InChI is InChI=1S/C22H17N3O3/c26-20(11-10-15-5-4-12-23-14-15)24-16-6-3-7-17(13-16)25-21(27)18-8-1-2-9-19(18)22(25)28/h1-9,12-14H,10-11H2,(H,24,26). The first kappa shape index (κ1) is 17.6. The highest BCUT2D eigenvalue weighted by Crippen LogP contribution is 2.29. The van der Waals surface area contributed by atoms with Gasteiger partial charge in [0, 0.05) is 24.5 Å². The van der Waals surface area contributed by atoms with E-state index in [1.807, 2.05) is 12.1 Å². The molecule has 1 aromatic heterocycles. The van der Waals surface area contributed by atoms with Crippen molar-refractivity contribution in [1.82, 2.24) is 4.98 Å². The monoisotopic (exact) mass is 371 g/mol. The van der Waals surface area contributed by atoms with Gasteiger partial charge < -0.3 is 5.32 Å². The van der Waals surface area contributed by atoms with Gasteiger partial charge in [0.15, 0.2) is 0 Å². The lowest BCUT2D eigenvalue weighted by atomic mass is 10.1. The fourth-order valence-electron chi connectivity index (χ4n) is 3.17. The number of aryl methyl sites for hydroxylation is 1. The van der Waals surface area contributed by atoms with E-state index in [0.29, 0.717) is 35.3 Å². The zero-order valence-corrected chi connectivity index (χ0v) is 15.0. The van der Waals surface area contributed by atoms with E-state index in [9.17, 15) is 14.4 Å². The molecule has 6 heteroatoms. The molecule has 0 fully saturated rings. The van der Waals surface area contributed by atoms with Gasteiger partial charge in [0.2, 0.25) is 5.91 Å². The molecule has 1 N–H and O–H groups in total. The zero-order chi connectivity index (χ0) is 19.5. The minimum Gasteiger partial charge on any atom is -0.326 e. The minimum absolute atomic E-state index is 0.150. The molecule has 2 heterocycles. The molecule has 0 atom stereocenters. The van der Waals surface area contributed by atoms with Gasteiger partial charge in [0.1, 0.15) is 0 Å². The number of benzene rings is 2. The van der Waals surface area contributed by atoms with Crippen LogP contribution >= 0.6 is 0 Å². The number of hydrogen-bond acceptors (Lipinski definition) is 4. The quantitative estimate of drug-likeness (QED) is 0.697. The highest BCUT2D eigenvalue weighted by Gasteiger charge is 2.36. The van der Waals surface area contributed by atoms with E-state index in [-0.39, 0.29) is 17.7 Å². The first-order valence-electron chi connectivity index (χ1n) is 8.90. The first-order valence-corrected chi connectivity index (χ1v) is 8.90. The number of amides is 3. The van der Waals surface area contributed by atoms with Crippen LogP contribution in [0.5, 0.6) is 0 Å². The van der Waals surface area contributed by atoms with Crippen molar-refractivity contribution in [2.75, 3.05) is 10.2 Å². The van der Waals surface area contributed by atoms with Crippen LogP contribution in [0.1, 0.15) is 32.7 Å². The average molecular weight is 371 g/mol. The Hall–Kier alpha value is -3.80. The van der Waals surface area contributed by atoms with E-state index in [1.165, 1.54) is 0 Å². The second-order valence-electron chi connectivity index (χ2n) is 6.45. The predicted octanol–water partition coefficient (Wildman–Crippen LogP) is 3.45. The van der Waals surface area contributed by atoms with Crippen molar-refractivity contribution >= 4 is 29.1 Å². The lowest BCUT2D eigenvalue weighted by Crippen LogP contribution is -2.29. The van der Waals surface area contributed by atoms with Crippen LogP contribution in [0.3, 0.4) is 0 Å². The summed E-state index contributed by atoms with van der Waals surface area (Å²) in [6, 6.07) is 17.2. The number of rotatable bonds is 5. The molecule has 0 aliphatic carbocycles. The summed E-state index contributed by atoms with van der Waals surface area (Å²) in [7, 11) is 0. The summed E-state index contributed by atoms with van der Waals surface area (Å²) in [5.74, 6) is -0.871. The summed E-state index contributed by atoms with van der Waals surface area (Å²) in [5, 5.41) is 2.82. The van der Waals surface area contributed by atoms with Crippen molar-refractivity contribution in [2.24, 2.45) is 0 Å². The lowest BCUT2D eigenvalue weighted by molar-refractivity contribution is -0.116. The van der Waals surface area contributed by atoms with E-state index in [4.69, 9.17) is 0 Å². The van der Waals surface area contributed by atoms with Gasteiger partial charge in [-0.05, 0) is 48.4 Å². The lowest BCUT2D eigenvalue weighted by Gasteiger charge is -2.15. The van der Waals surface area contributed by atoms with Gasteiger partial charge in [-0.3, -0.25) is 19.4 Å². The fourth-order valence-corrected chi connectivity index (χ4v) is 3.17. The van der Waals surface area contributed by atoms with Crippen LogP contribution in [0, 0.1) is 0 Å². The van der Waals surface area contributed by atoms with Crippen LogP contribution < -0.4 is 10.2 Å². The molecule has 0 spiro atoms. The topological polar surface area (TPSA) is 79.4 Å². The molecule has 3 aromatic rings. The number of carbonyl (C=O) groups excluding carboxylic acids is 3. The highest BCUT2D eigenvalue weighted by molar-refractivity contribution is 6.34. The van der Waals surface area contributed by atoms with Crippen molar-refractivity contribution < 1.29 is 14.4 Å².